The van der Waals surface area contributed by atoms with Crippen LogP contribution in [0.5, 0.6) is 0 Å². The number of nitriles is 1. The van der Waals surface area contributed by atoms with E-state index in [1.165, 1.54) is 6.42 Å². The molecule has 0 aliphatic carbocycles. The zero-order chi connectivity index (χ0) is 13.4. The lowest BCUT2D eigenvalue weighted by Crippen LogP contribution is -2.43. The van der Waals surface area contributed by atoms with Crippen LogP contribution in [0, 0.1) is 17.2 Å². The lowest BCUT2D eigenvalue weighted by molar-refractivity contribution is -0.131. The first kappa shape index (κ1) is 14.9. The molecule has 1 aliphatic rings. The molecule has 1 atom stereocenters. The van der Waals surface area contributed by atoms with Crippen LogP contribution in [0.15, 0.2) is 0 Å². The summed E-state index contributed by atoms with van der Waals surface area (Å²) in [4.78, 5) is 15.8. The van der Waals surface area contributed by atoms with Crippen LogP contribution < -0.4 is 5.73 Å². The number of nitrogens with zero attached hydrogens (tertiary/aromatic N) is 3. The van der Waals surface area contributed by atoms with Crippen molar-refractivity contribution >= 4 is 5.91 Å². The van der Waals surface area contributed by atoms with Gasteiger partial charge in [0, 0.05) is 20.1 Å². The van der Waals surface area contributed by atoms with Crippen LogP contribution in [0.3, 0.4) is 0 Å². The second-order valence-electron chi connectivity index (χ2n) is 5.04. The Bertz CT molecular complexity index is 298. The Morgan fingerprint density at radius 2 is 2.39 bits per heavy atom. The molecule has 1 amide bonds. The van der Waals surface area contributed by atoms with Gasteiger partial charge in [-0.3, -0.25) is 9.69 Å². The first-order chi connectivity index (χ1) is 8.67. The average Bonchev–Trinajstić information content (AvgIpc) is 2.36. The van der Waals surface area contributed by atoms with Gasteiger partial charge in [-0.15, -0.1) is 0 Å². The summed E-state index contributed by atoms with van der Waals surface area (Å²) in [6, 6.07) is 2.06. The highest BCUT2D eigenvalue weighted by molar-refractivity contribution is 5.78. The first-order valence-corrected chi connectivity index (χ1v) is 6.70. The molecule has 5 nitrogen and oxygen atoms in total. The molecular weight excluding hydrogens is 228 g/mol. The number of piperidine rings is 1. The molecule has 1 rings (SSSR count). The smallest absolute Gasteiger partial charge is 0.236 e. The summed E-state index contributed by atoms with van der Waals surface area (Å²) in [6.45, 7) is 3.71. The summed E-state index contributed by atoms with van der Waals surface area (Å²) >= 11 is 0. The third-order valence-corrected chi connectivity index (χ3v) is 3.52. The Morgan fingerprint density at radius 3 is 3.06 bits per heavy atom. The number of amides is 1. The van der Waals surface area contributed by atoms with Gasteiger partial charge < -0.3 is 10.6 Å². The van der Waals surface area contributed by atoms with Crippen LogP contribution in [-0.4, -0.2) is 55.5 Å². The lowest BCUT2D eigenvalue weighted by Gasteiger charge is -2.33. The molecule has 1 fully saturated rings. The van der Waals surface area contributed by atoms with Gasteiger partial charge >= 0.3 is 0 Å². The molecule has 18 heavy (non-hydrogen) atoms. The van der Waals surface area contributed by atoms with E-state index in [0.29, 0.717) is 25.4 Å². The van der Waals surface area contributed by atoms with E-state index in [1.807, 2.05) is 0 Å². The van der Waals surface area contributed by atoms with Gasteiger partial charge in [-0.05, 0) is 38.3 Å². The number of carbonyl (C=O) groups excluding carboxylic acids is 1. The van der Waals surface area contributed by atoms with Crippen LogP contribution in [0.25, 0.3) is 0 Å². The minimum atomic E-state index is 0.110. The molecule has 0 aromatic heterocycles. The fourth-order valence-corrected chi connectivity index (χ4v) is 2.42. The normalized spacial score (nSPS) is 20.4. The first-order valence-electron chi connectivity index (χ1n) is 6.70. The molecule has 5 heteroatoms. The van der Waals surface area contributed by atoms with Gasteiger partial charge in [0.2, 0.25) is 5.91 Å². The molecule has 0 aromatic carbocycles. The molecule has 2 N–H and O–H groups in total. The Kier molecular flexibility index (Phi) is 6.69. The monoisotopic (exact) mass is 252 g/mol. The van der Waals surface area contributed by atoms with Crippen LogP contribution in [0.1, 0.15) is 25.7 Å². The summed E-state index contributed by atoms with van der Waals surface area (Å²) in [5, 5.41) is 8.50. The van der Waals surface area contributed by atoms with Crippen LogP contribution >= 0.6 is 0 Å². The summed E-state index contributed by atoms with van der Waals surface area (Å²) in [7, 11) is 1.76. The maximum Gasteiger partial charge on any atom is 0.236 e. The van der Waals surface area contributed by atoms with Crippen molar-refractivity contribution in [1.29, 1.82) is 5.26 Å². The average molecular weight is 252 g/mol. The fourth-order valence-electron chi connectivity index (χ4n) is 2.42. The number of carbonyl (C=O) groups is 1. The van der Waals surface area contributed by atoms with Crippen molar-refractivity contribution in [2.75, 3.05) is 39.8 Å². The molecule has 0 aromatic rings. The van der Waals surface area contributed by atoms with E-state index >= 15 is 0 Å². The van der Waals surface area contributed by atoms with Crippen molar-refractivity contribution in [3.63, 3.8) is 0 Å². The number of rotatable bonds is 6. The highest BCUT2D eigenvalue weighted by atomic mass is 16.2. The second-order valence-corrected chi connectivity index (χ2v) is 5.04. The maximum atomic E-state index is 11.9. The van der Waals surface area contributed by atoms with Gasteiger partial charge in [0.15, 0.2) is 0 Å². The third kappa shape index (κ3) is 5.03. The van der Waals surface area contributed by atoms with E-state index in [2.05, 4.69) is 11.0 Å². The maximum absolute atomic E-state index is 11.9. The predicted octanol–water partition coefficient (Wildman–Crippen LogP) is 0.419. The van der Waals surface area contributed by atoms with Crippen molar-refractivity contribution in [2.45, 2.75) is 25.7 Å². The lowest BCUT2D eigenvalue weighted by atomic mass is 9.95. The SMILES string of the molecule is CN(CCC#N)C(=O)CN1CCCC(CCN)C1. The molecule has 102 valence electrons. The zero-order valence-electron chi connectivity index (χ0n) is 11.3. The third-order valence-electron chi connectivity index (χ3n) is 3.52. The van der Waals surface area contributed by atoms with Crippen LogP contribution in [0.2, 0.25) is 0 Å². The van der Waals surface area contributed by atoms with E-state index in [1.54, 1.807) is 11.9 Å². The molecule has 1 heterocycles. The van der Waals surface area contributed by atoms with Crippen molar-refractivity contribution in [3.05, 3.63) is 0 Å². The van der Waals surface area contributed by atoms with Gasteiger partial charge in [0.25, 0.3) is 0 Å². The minimum absolute atomic E-state index is 0.110. The second kappa shape index (κ2) is 8.06. The van der Waals surface area contributed by atoms with E-state index in [0.717, 1.165) is 32.5 Å². The van der Waals surface area contributed by atoms with E-state index in [9.17, 15) is 4.79 Å². The van der Waals surface area contributed by atoms with E-state index < -0.39 is 0 Å². The minimum Gasteiger partial charge on any atom is -0.344 e. The molecule has 1 unspecified atom stereocenters. The summed E-state index contributed by atoms with van der Waals surface area (Å²) in [6.07, 6.45) is 3.83. The van der Waals surface area contributed by atoms with E-state index in [4.69, 9.17) is 11.0 Å². The topological polar surface area (TPSA) is 73.4 Å². The molecule has 0 radical (unpaired) electrons. The largest absolute Gasteiger partial charge is 0.344 e. The Labute approximate surface area is 110 Å². The molecular formula is C13H24N4O. The van der Waals surface area contributed by atoms with Gasteiger partial charge in [-0.1, -0.05) is 0 Å². The van der Waals surface area contributed by atoms with Gasteiger partial charge in [-0.2, -0.15) is 5.26 Å². The molecule has 0 bridgehead atoms. The summed E-state index contributed by atoms with van der Waals surface area (Å²) in [5.74, 6) is 0.750. The molecule has 1 aliphatic heterocycles. The highest BCUT2D eigenvalue weighted by Gasteiger charge is 2.22. The number of nitrogens with two attached hydrogens (primary N) is 1. The molecule has 1 saturated heterocycles. The van der Waals surface area contributed by atoms with Crippen molar-refractivity contribution in [2.24, 2.45) is 11.7 Å². The van der Waals surface area contributed by atoms with Crippen molar-refractivity contribution in [1.82, 2.24) is 9.80 Å². The number of likely N-dealkylation sites (N-methyl/N-ethyl adjacent to an activating group) is 1. The predicted molar refractivity (Wildman–Crippen MR) is 70.7 cm³/mol. The van der Waals surface area contributed by atoms with Crippen LogP contribution in [0.4, 0.5) is 0 Å². The quantitative estimate of drug-likeness (QED) is 0.743. The number of likely N-dealkylation sites (tertiary alicyclic amines) is 1. The molecule has 0 spiro atoms. The van der Waals surface area contributed by atoms with Gasteiger partial charge in [-0.25, -0.2) is 0 Å². The standard InChI is InChI=1S/C13H24N4O/c1-16(8-3-6-14)13(18)11-17-9-2-4-12(10-17)5-7-15/h12H,2-5,7-11,15H2,1H3. The fraction of sp³-hybridized carbons (Fsp3) is 0.846. The van der Waals surface area contributed by atoms with Crippen molar-refractivity contribution in [3.8, 4) is 6.07 Å². The Balaban J connectivity index is 2.32. The molecule has 0 saturated carbocycles. The van der Waals surface area contributed by atoms with Crippen molar-refractivity contribution < 1.29 is 4.79 Å². The van der Waals surface area contributed by atoms with Crippen LogP contribution in [-0.2, 0) is 4.79 Å². The number of hydrogen-bond donors (Lipinski definition) is 1. The summed E-state index contributed by atoms with van der Waals surface area (Å²) < 4.78 is 0. The number of hydrogen-bond acceptors (Lipinski definition) is 4. The highest BCUT2D eigenvalue weighted by Crippen LogP contribution is 2.18. The van der Waals surface area contributed by atoms with E-state index in [-0.39, 0.29) is 5.91 Å². The van der Waals surface area contributed by atoms with Gasteiger partial charge in [0.05, 0.1) is 19.0 Å². The van der Waals surface area contributed by atoms with Gasteiger partial charge in [0.1, 0.15) is 0 Å². The Morgan fingerprint density at radius 1 is 1.61 bits per heavy atom. The summed E-state index contributed by atoms with van der Waals surface area (Å²) in [5.41, 5.74) is 5.58. The Hall–Kier alpha value is -1.12. The zero-order valence-corrected chi connectivity index (χ0v) is 11.3.